The van der Waals surface area contributed by atoms with Crippen LogP contribution in [0.2, 0.25) is 0 Å². The van der Waals surface area contributed by atoms with Crippen LogP contribution in [0.4, 0.5) is 0 Å². The van der Waals surface area contributed by atoms with E-state index in [0.717, 1.165) is 46.1 Å². The third-order valence-corrected chi connectivity index (χ3v) is 4.44. The lowest BCUT2D eigenvalue weighted by Crippen LogP contribution is -2.07. The Morgan fingerprint density at radius 1 is 0.920 bits per heavy atom. The Morgan fingerprint density at radius 2 is 1.72 bits per heavy atom. The number of fused-ring (bicyclic) bond motifs is 1. The van der Waals surface area contributed by atoms with Crippen LogP contribution in [0.25, 0.3) is 21.9 Å². The summed E-state index contributed by atoms with van der Waals surface area (Å²) in [5.41, 5.74) is 3.55. The van der Waals surface area contributed by atoms with E-state index in [0.29, 0.717) is 5.56 Å². The fourth-order valence-corrected chi connectivity index (χ4v) is 3.33. The van der Waals surface area contributed by atoms with Gasteiger partial charge in [-0.15, -0.1) is 0 Å². The van der Waals surface area contributed by atoms with Crippen molar-refractivity contribution in [1.82, 2.24) is 0 Å². The molecule has 3 rings (SSSR count). The molecule has 0 aliphatic heterocycles. The number of rotatable bonds is 5. The fourth-order valence-electron chi connectivity index (χ4n) is 3.33. The standard InChI is InChI=1S/C22H22O3/c1-4-8-16-10-7-12-18(22(23)25-3)20(16)21-17-11-6-5-9-15(17)13-14-19(21)24-2/h5-7,9-14H,4,8H2,1-3H3. The summed E-state index contributed by atoms with van der Waals surface area (Å²) in [5.74, 6) is 0.426. The molecule has 0 amide bonds. The van der Waals surface area contributed by atoms with Gasteiger partial charge in [0.2, 0.25) is 0 Å². The number of carbonyl (C=O) groups is 1. The molecular weight excluding hydrogens is 312 g/mol. The third-order valence-electron chi connectivity index (χ3n) is 4.44. The number of methoxy groups -OCH3 is 2. The van der Waals surface area contributed by atoms with E-state index in [1.807, 2.05) is 36.4 Å². The summed E-state index contributed by atoms with van der Waals surface area (Å²) in [5, 5.41) is 2.18. The van der Waals surface area contributed by atoms with Crippen LogP contribution in [0.3, 0.4) is 0 Å². The van der Waals surface area contributed by atoms with Crippen molar-refractivity contribution in [1.29, 1.82) is 0 Å². The molecule has 0 aliphatic carbocycles. The van der Waals surface area contributed by atoms with Crippen LogP contribution in [0.5, 0.6) is 5.75 Å². The monoisotopic (exact) mass is 334 g/mol. The molecule has 0 heterocycles. The highest BCUT2D eigenvalue weighted by atomic mass is 16.5. The summed E-state index contributed by atoms with van der Waals surface area (Å²) in [7, 11) is 3.08. The van der Waals surface area contributed by atoms with E-state index in [9.17, 15) is 4.79 Å². The second-order valence-corrected chi connectivity index (χ2v) is 5.95. The first-order valence-electron chi connectivity index (χ1n) is 8.47. The van der Waals surface area contributed by atoms with Gasteiger partial charge in [-0.05, 0) is 34.9 Å². The van der Waals surface area contributed by atoms with E-state index in [2.05, 4.69) is 25.1 Å². The number of hydrogen-bond donors (Lipinski definition) is 0. The first-order valence-corrected chi connectivity index (χ1v) is 8.47. The Bertz CT molecular complexity index is 912. The lowest BCUT2D eigenvalue weighted by molar-refractivity contribution is 0.0601. The molecule has 128 valence electrons. The Morgan fingerprint density at radius 3 is 2.44 bits per heavy atom. The van der Waals surface area contributed by atoms with E-state index >= 15 is 0 Å². The second kappa shape index (κ2) is 7.39. The molecule has 3 aromatic carbocycles. The van der Waals surface area contributed by atoms with E-state index in [4.69, 9.17) is 9.47 Å². The van der Waals surface area contributed by atoms with Gasteiger partial charge in [0.15, 0.2) is 0 Å². The molecule has 0 saturated carbocycles. The summed E-state index contributed by atoms with van der Waals surface area (Å²) in [6.45, 7) is 2.13. The largest absolute Gasteiger partial charge is 0.496 e. The van der Waals surface area contributed by atoms with E-state index in [-0.39, 0.29) is 5.97 Å². The third kappa shape index (κ3) is 3.10. The van der Waals surface area contributed by atoms with Crippen LogP contribution in [0.15, 0.2) is 54.6 Å². The minimum atomic E-state index is -0.331. The van der Waals surface area contributed by atoms with Crippen LogP contribution in [0, 0.1) is 0 Å². The predicted octanol–water partition coefficient (Wildman–Crippen LogP) is 5.25. The molecule has 0 bridgehead atoms. The second-order valence-electron chi connectivity index (χ2n) is 5.95. The molecule has 0 radical (unpaired) electrons. The lowest BCUT2D eigenvalue weighted by atomic mass is 9.88. The van der Waals surface area contributed by atoms with Crippen LogP contribution >= 0.6 is 0 Å². The van der Waals surface area contributed by atoms with Gasteiger partial charge in [-0.1, -0.05) is 55.8 Å². The van der Waals surface area contributed by atoms with Crippen molar-refractivity contribution in [2.45, 2.75) is 19.8 Å². The summed E-state index contributed by atoms with van der Waals surface area (Å²) in [6, 6.07) is 18.0. The number of esters is 1. The van der Waals surface area contributed by atoms with Crippen LogP contribution in [-0.4, -0.2) is 20.2 Å². The average Bonchev–Trinajstić information content (AvgIpc) is 2.66. The Kier molecular flexibility index (Phi) is 5.03. The highest BCUT2D eigenvalue weighted by Gasteiger charge is 2.21. The minimum Gasteiger partial charge on any atom is -0.496 e. The fraction of sp³-hybridized carbons (Fsp3) is 0.227. The Balaban J connectivity index is 2.43. The van der Waals surface area contributed by atoms with Crippen molar-refractivity contribution in [2.24, 2.45) is 0 Å². The molecule has 0 spiro atoms. The smallest absolute Gasteiger partial charge is 0.338 e. The lowest BCUT2D eigenvalue weighted by Gasteiger charge is -2.18. The zero-order chi connectivity index (χ0) is 17.8. The van der Waals surface area contributed by atoms with Crippen molar-refractivity contribution in [3.05, 3.63) is 65.7 Å². The topological polar surface area (TPSA) is 35.5 Å². The van der Waals surface area contributed by atoms with Crippen molar-refractivity contribution in [2.75, 3.05) is 14.2 Å². The van der Waals surface area contributed by atoms with E-state index < -0.39 is 0 Å². The summed E-state index contributed by atoms with van der Waals surface area (Å²) in [6.07, 6.45) is 1.87. The molecule has 0 N–H and O–H groups in total. The normalized spacial score (nSPS) is 10.7. The Hall–Kier alpha value is -2.81. The van der Waals surface area contributed by atoms with Gasteiger partial charge in [0, 0.05) is 11.1 Å². The SMILES string of the molecule is CCCc1cccc(C(=O)OC)c1-c1c(OC)ccc2ccccc12. The molecule has 0 saturated heterocycles. The number of carbonyl (C=O) groups excluding carboxylic acids is 1. The molecule has 0 aliphatic rings. The number of aryl methyl sites for hydroxylation is 1. The summed E-state index contributed by atoms with van der Waals surface area (Å²) < 4.78 is 10.7. The molecule has 0 fully saturated rings. The van der Waals surface area contributed by atoms with Crippen LogP contribution in [0.1, 0.15) is 29.3 Å². The molecule has 3 heteroatoms. The molecular formula is C22H22O3. The maximum Gasteiger partial charge on any atom is 0.338 e. The van der Waals surface area contributed by atoms with Crippen LogP contribution in [-0.2, 0) is 11.2 Å². The minimum absolute atomic E-state index is 0.331. The van der Waals surface area contributed by atoms with Gasteiger partial charge < -0.3 is 9.47 Å². The summed E-state index contributed by atoms with van der Waals surface area (Å²) in [4.78, 5) is 12.4. The van der Waals surface area contributed by atoms with Crippen molar-refractivity contribution in [3.63, 3.8) is 0 Å². The van der Waals surface area contributed by atoms with Crippen molar-refractivity contribution < 1.29 is 14.3 Å². The quantitative estimate of drug-likeness (QED) is 0.597. The van der Waals surface area contributed by atoms with Gasteiger partial charge in [-0.2, -0.15) is 0 Å². The molecule has 0 atom stereocenters. The number of ether oxygens (including phenoxy) is 2. The zero-order valence-corrected chi connectivity index (χ0v) is 14.8. The van der Waals surface area contributed by atoms with Crippen molar-refractivity contribution in [3.8, 4) is 16.9 Å². The first kappa shape index (κ1) is 17.0. The first-order chi connectivity index (χ1) is 12.2. The van der Waals surface area contributed by atoms with Crippen LogP contribution < -0.4 is 4.74 Å². The Labute approximate surface area is 148 Å². The molecule has 0 aromatic heterocycles. The van der Waals surface area contributed by atoms with Gasteiger partial charge >= 0.3 is 5.97 Å². The van der Waals surface area contributed by atoms with Gasteiger partial charge in [0.05, 0.1) is 19.8 Å². The number of benzene rings is 3. The molecule has 25 heavy (non-hydrogen) atoms. The molecule has 3 nitrogen and oxygen atoms in total. The van der Waals surface area contributed by atoms with Gasteiger partial charge in [-0.3, -0.25) is 0 Å². The average molecular weight is 334 g/mol. The maximum absolute atomic E-state index is 12.4. The molecule has 0 unspecified atom stereocenters. The van der Waals surface area contributed by atoms with Crippen molar-refractivity contribution >= 4 is 16.7 Å². The van der Waals surface area contributed by atoms with E-state index in [1.54, 1.807) is 7.11 Å². The number of hydrogen-bond acceptors (Lipinski definition) is 3. The van der Waals surface area contributed by atoms with E-state index in [1.165, 1.54) is 7.11 Å². The van der Waals surface area contributed by atoms with Gasteiger partial charge in [-0.25, -0.2) is 4.79 Å². The predicted molar refractivity (Wildman–Crippen MR) is 101 cm³/mol. The summed E-state index contributed by atoms with van der Waals surface area (Å²) >= 11 is 0. The van der Waals surface area contributed by atoms with Gasteiger partial charge in [0.1, 0.15) is 5.75 Å². The maximum atomic E-state index is 12.4. The highest BCUT2D eigenvalue weighted by molar-refractivity contribution is 6.07. The van der Waals surface area contributed by atoms with Gasteiger partial charge in [0.25, 0.3) is 0 Å². The molecule has 3 aromatic rings. The highest BCUT2D eigenvalue weighted by Crippen LogP contribution is 2.41. The zero-order valence-electron chi connectivity index (χ0n) is 14.8.